The summed E-state index contributed by atoms with van der Waals surface area (Å²) in [5, 5.41) is 1.41. The third kappa shape index (κ3) is 3.46. The fourth-order valence-electron chi connectivity index (χ4n) is 2.22. The molecule has 1 aliphatic heterocycles. The summed E-state index contributed by atoms with van der Waals surface area (Å²) in [6, 6.07) is 7.68. The van der Waals surface area contributed by atoms with Crippen LogP contribution in [0.2, 0.25) is 25.7 Å². The molecule has 0 amide bonds. The summed E-state index contributed by atoms with van der Waals surface area (Å²) in [4.78, 5) is 0. The van der Waals surface area contributed by atoms with Crippen molar-refractivity contribution < 1.29 is 8.85 Å². The van der Waals surface area contributed by atoms with Gasteiger partial charge in [0.1, 0.15) is 5.75 Å². The van der Waals surface area contributed by atoms with Gasteiger partial charge in [-0.1, -0.05) is 18.6 Å². The number of benzene rings is 1. The van der Waals surface area contributed by atoms with Crippen LogP contribution in [0.25, 0.3) is 0 Å². The summed E-state index contributed by atoms with van der Waals surface area (Å²) in [5.74, 6) is 1.07. The first kappa shape index (κ1) is 13.8. The van der Waals surface area contributed by atoms with E-state index in [1.165, 1.54) is 29.6 Å². The molecule has 1 aromatic rings. The molecule has 2 rings (SSSR count). The molecule has 0 atom stereocenters. The van der Waals surface area contributed by atoms with E-state index in [1.807, 2.05) is 0 Å². The van der Waals surface area contributed by atoms with Crippen LogP contribution in [0.15, 0.2) is 18.2 Å². The zero-order valence-electron chi connectivity index (χ0n) is 11.9. The van der Waals surface area contributed by atoms with E-state index in [-0.39, 0.29) is 0 Å². The van der Waals surface area contributed by atoms with Crippen LogP contribution in [0, 0.1) is 6.92 Å². The molecule has 1 fully saturated rings. The molecule has 0 bridgehead atoms. The maximum absolute atomic E-state index is 6.16. The minimum atomic E-state index is -1.53. The van der Waals surface area contributed by atoms with Gasteiger partial charge in [-0.05, 0) is 55.8 Å². The van der Waals surface area contributed by atoms with Crippen LogP contribution < -0.4 is 9.61 Å². The molecular weight excluding hydrogens is 256 g/mol. The minimum Gasteiger partial charge on any atom is -0.544 e. The second-order valence-corrected chi connectivity index (χ2v) is 12.5. The first-order valence-electron chi connectivity index (χ1n) is 6.75. The lowest BCUT2D eigenvalue weighted by Crippen LogP contribution is -2.39. The van der Waals surface area contributed by atoms with E-state index in [4.69, 9.17) is 8.85 Å². The van der Waals surface area contributed by atoms with Crippen molar-refractivity contribution in [2.24, 2.45) is 0 Å². The Balaban J connectivity index is 2.23. The second kappa shape index (κ2) is 5.59. The average Bonchev–Trinajstić information content (AvgIpc) is 2.31. The van der Waals surface area contributed by atoms with Crippen LogP contribution in [0.3, 0.4) is 0 Å². The molecule has 0 aromatic heterocycles. The average molecular weight is 280 g/mol. The summed E-state index contributed by atoms with van der Waals surface area (Å²) in [6.45, 7) is 9.80. The Labute approximate surface area is 113 Å². The van der Waals surface area contributed by atoms with Crippen molar-refractivity contribution in [1.29, 1.82) is 0 Å². The van der Waals surface area contributed by atoms with Crippen LogP contribution in [0.1, 0.15) is 18.4 Å². The van der Waals surface area contributed by atoms with Crippen LogP contribution in [0.5, 0.6) is 5.75 Å². The molecule has 1 aromatic carbocycles. The third-order valence-electron chi connectivity index (χ3n) is 3.08. The SMILES string of the molecule is Cc1c(O[Si](C)(C)C)cccc1[Si]1CCCCO1. The number of rotatable bonds is 3. The first-order valence-corrected chi connectivity index (χ1v) is 11.8. The van der Waals surface area contributed by atoms with Crippen LogP contribution in [-0.2, 0) is 4.43 Å². The van der Waals surface area contributed by atoms with Crippen molar-refractivity contribution in [3.05, 3.63) is 23.8 Å². The summed E-state index contributed by atoms with van der Waals surface area (Å²) < 4.78 is 12.2. The highest BCUT2D eigenvalue weighted by Gasteiger charge is 2.24. The van der Waals surface area contributed by atoms with Crippen molar-refractivity contribution in [3.63, 3.8) is 0 Å². The van der Waals surface area contributed by atoms with Gasteiger partial charge < -0.3 is 8.85 Å². The monoisotopic (exact) mass is 279 g/mol. The van der Waals surface area contributed by atoms with E-state index in [2.05, 4.69) is 44.8 Å². The van der Waals surface area contributed by atoms with Gasteiger partial charge in [0, 0.05) is 6.61 Å². The summed E-state index contributed by atoms with van der Waals surface area (Å²) >= 11 is 0. The van der Waals surface area contributed by atoms with Crippen LogP contribution >= 0.6 is 0 Å². The molecule has 1 aliphatic rings. The Morgan fingerprint density at radius 3 is 2.61 bits per heavy atom. The molecule has 99 valence electrons. The van der Waals surface area contributed by atoms with Crippen LogP contribution in [0.4, 0.5) is 0 Å². The quantitative estimate of drug-likeness (QED) is 0.791. The Kier molecular flexibility index (Phi) is 4.30. The number of hydrogen-bond acceptors (Lipinski definition) is 2. The summed E-state index contributed by atoms with van der Waals surface area (Å²) in [5.41, 5.74) is 1.30. The predicted octanol–water partition coefficient (Wildman–Crippen LogP) is 3.22. The highest BCUT2D eigenvalue weighted by atomic mass is 28.4. The van der Waals surface area contributed by atoms with Gasteiger partial charge in [-0.15, -0.1) is 0 Å². The normalized spacial score (nSPS) is 17.8. The lowest BCUT2D eigenvalue weighted by Gasteiger charge is -2.25. The predicted molar refractivity (Wildman–Crippen MR) is 80.5 cm³/mol. The van der Waals surface area contributed by atoms with Gasteiger partial charge in [0.2, 0.25) is 17.4 Å². The van der Waals surface area contributed by atoms with E-state index < -0.39 is 17.4 Å². The first-order chi connectivity index (χ1) is 8.47. The lowest BCUT2D eigenvalue weighted by molar-refractivity contribution is 0.294. The minimum absolute atomic E-state index is 0.797. The fraction of sp³-hybridized carbons (Fsp3) is 0.571. The van der Waals surface area contributed by atoms with E-state index in [9.17, 15) is 0 Å². The molecule has 0 saturated carbocycles. The van der Waals surface area contributed by atoms with Gasteiger partial charge in [0.05, 0.1) is 0 Å². The smallest absolute Gasteiger partial charge is 0.247 e. The van der Waals surface area contributed by atoms with E-state index in [0.717, 1.165) is 12.4 Å². The Morgan fingerprint density at radius 2 is 2.00 bits per heavy atom. The highest BCUT2D eigenvalue weighted by Crippen LogP contribution is 2.22. The van der Waals surface area contributed by atoms with Gasteiger partial charge in [0.15, 0.2) is 0 Å². The van der Waals surface area contributed by atoms with Gasteiger partial charge in [-0.25, -0.2) is 0 Å². The van der Waals surface area contributed by atoms with Gasteiger partial charge in [0.25, 0.3) is 0 Å². The molecule has 2 nitrogen and oxygen atoms in total. The molecule has 0 unspecified atom stereocenters. The zero-order valence-corrected chi connectivity index (χ0v) is 13.9. The molecule has 4 heteroatoms. The Morgan fingerprint density at radius 1 is 1.22 bits per heavy atom. The molecule has 1 saturated heterocycles. The molecule has 18 heavy (non-hydrogen) atoms. The maximum Gasteiger partial charge on any atom is 0.247 e. The van der Waals surface area contributed by atoms with E-state index >= 15 is 0 Å². The van der Waals surface area contributed by atoms with Crippen molar-refractivity contribution in [2.75, 3.05) is 6.61 Å². The van der Waals surface area contributed by atoms with Crippen molar-refractivity contribution in [3.8, 4) is 5.75 Å². The molecule has 0 spiro atoms. The van der Waals surface area contributed by atoms with Crippen molar-refractivity contribution >= 4 is 22.5 Å². The molecule has 1 radical (unpaired) electrons. The highest BCUT2D eigenvalue weighted by molar-refractivity contribution is 6.70. The van der Waals surface area contributed by atoms with E-state index in [1.54, 1.807) is 0 Å². The van der Waals surface area contributed by atoms with Crippen molar-refractivity contribution in [2.45, 2.75) is 45.5 Å². The van der Waals surface area contributed by atoms with Gasteiger partial charge in [-0.2, -0.15) is 0 Å². The van der Waals surface area contributed by atoms with Crippen molar-refractivity contribution in [1.82, 2.24) is 0 Å². The van der Waals surface area contributed by atoms with E-state index in [0.29, 0.717) is 0 Å². The Bertz CT molecular complexity index is 407. The summed E-state index contributed by atoms with van der Waals surface area (Å²) in [6.07, 6.45) is 2.53. The summed E-state index contributed by atoms with van der Waals surface area (Å²) in [7, 11) is -2.33. The van der Waals surface area contributed by atoms with Gasteiger partial charge in [-0.3, -0.25) is 0 Å². The standard InChI is InChI=1S/C14H23O2Si2/c1-12-13(16-18(2,3)4)8-7-9-14(12)17-11-6-5-10-15-17/h7-9H,5-6,10-11H2,1-4H3. The molecule has 0 N–H and O–H groups in total. The fourth-order valence-corrected chi connectivity index (χ4v) is 5.46. The topological polar surface area (TPSA) is 18.5 Å². The van der Waals surface area contributed by atoms with Gasteiger partial charge >= 0.3 is 0 Å². The van der Waals surface area contributed by atoms with Crippen LogP contribution in [-0.4, -0.2) is 24.0 Å². The largest absolute Gasteiger partial charge is 0.544 e. The second-order valence-electron chi connectivity index (χ2n) is 5.87. The lowest BCUT2D eigenvalue weighted by atomic mass is 10.2. The molecule has 1 heterocycles. The Hall–Kier alpha value is -0.586. The maximum atomic E-state index is 6.16. The molecular formula is C14H23O2Si2. The molecule has 0 aliphatic carbocycles. The zero-order chi connectivity index (χ0) is 13.2. The number of hydrogen-bond donors (Lipinski definition) is 0. The third-order valence-corrected chi connectivity index (χ3v) is 6.41.